The molecule has 0 saturated heterocycles. The van der Waals surface area contributed by atoms with Crippen molar-refractivity contribution in [2.24, 2.45) is 11.8 Å². The molecule has 0 spiro atoms. The molecule has 0 aromatic heterocycles. The molecule has 0 saturated carbocycles. The van der Waals surface area contributed by atoms with Gasteiger partial charge in [0.1, 0.15) is 0 Å². The molecule has 2 atom stereocenters. The fourth-order valence-electron chi connectivity index (χ4n) is 3.29. The van der Waals surface area contributed by atoms with Crippen LogP contribution in [0, 0.1) is 11.8 Å². The zero-order chi connectivity index (χ0) is 18.6. The highest BCUT2D eigenvalue weighted by molar-refractivity contribution is 7.73. The summed E-state index contributed by atoms with van der Waals surface area (Å²) >= 11 is 0. The third-order valence-electron chi connectivity index (χ3n) is 4.89. The quantitative estimate of drug-likeness (QED) is 0.230. The number of unbranched alkanes of at least 4 members (excludes halogenated alkanes) is 3. The topological polar surface area (TPSA) is 0 Å². The molecule has 2 aromatic carbocycles. The highest BCUT2D eigenvalue weighted by Crippen LogP contribution is 2.36. The van der Waals surface area contributed by atoms with Gasteiger partial charge in [-0.05, 0) is 42.9 Å². The van der Waals surface area contributed by atoms with E-state index in [4.69, 9.17) is 0 Å². The van der Waals surface area contributed by atoms with Crippen LogP contribution in [-0.2, 0) is 0 Å². The van der Waals surface area contributed by atoms with Crippen molar-refractivity contribution in [3.05, 3.63) is 72.8 Å². The molecule has 0 N–H and O–H groups in total. The van der Waals surface area contributed by atoms with Gasteiger partial charge in [0.2, 0.25) is 0 Å². The van der Waals surface area contributed by atoms with Gasteiger partial charge >= 0.3 is 0 Å². The number of allylic oxidation sites excluding steroid dienone is 2. The van der Waals surface area contributed by atoms with E-state index in [0.717, 1.165) is 0 Å². The Morgan fingerprint density at radius 2 is 1.27 bits per heavy atom. The standard InChI is InChI=1S/C25H35P/c1-4-5-6-9-14-22(2)19-20-23(3)21-26(24-15-10-7-11-16-24)25-17-12-8-13-18-25/h7-8,10-13,15-20,22-23H,4-6,9,14,21H2,1-3H3/b20-19-/t22-,23+/m1/s1. The van der Waals surface area contributed by atoms with E-state index in [2.05, 4.69) is 93.6 Å². The van der Waals surface area contributed by atoms with Crippen molar-refractivity contribution >= 4 is 18.5 Å². The van der Waals surface area contributed by atoms with E-state index in [9.17, 15) is 0 Å². The molecule has 26 heavy (non-hydrogen) atoms. The van der Waals surface area contributed by atoms with E-state index in [1.165, 1.54) is 48.9 Å². The summed E-state index contributed by atoms with van der Waals surface area (Å²) in [6, 6.07) is 22.1. The van der Waals surface area contributed by atoms with Gasteiger partial charge in [0.25, 0.3) is 0 Å². The second-order valence-electron chi connectivity index (χ2n) is 7.47. The van der Waals surface area contributed by atoms with Crippen LogP contribution in [0.15, 0.2) is 72.8 Å². The molecule has 0 fully saturated rings. The summed E-state index contributed by atoms with van der Waals surface area (Å²) in [6.45, 7) is 7.02. The van der Waals surface area contributed by atoms with Gasteiger partial charge in [-0.15, -0.1) is 0 Å². The molecule has 0 amide bonds. The van der Waals surface area contributed by atoms with Crippen LogP contribution < -0.4 is 10.6 Å². The molecule has 0 heterocycles. The van der Waals surface area contributed by atoms with E-state index in [0.29, 0.717) is 11.8 Å². The van der Waals surface area contributed by atoms with Crippen molar-refractivity contribution < 1.29 is 0 Å². The maximum absolute atomic E-state index is 2.46. The summed E-state index contributed by atoms with van der Waals surface area (Å²) in [6.07, 6.45) is 12.9. The van der Waals surface area contributed by atoms with E-state index in [-0.39, 0.29) is 7.92 Å². The van der Waals surface area contributed by atoms with Crippen LogP contribution in [0.4, 0.5) is 0 Å². The monoisotopic (exact) mass is 366 g/mol. The predicted octanol–water partition coefficient (Wildman–Crippen LogP) is 6.92. The first kappa shape index (κ1) is 20.9. The van der Waals surface area contributed by atoms with Gasteiger partial charge in [0, 0.05) is 0 Å². The number of benzene rings is 2. The molecular weight excluding hydrogens is 331 g/mol. The Morgan fingerprint density at radius 3 is 1.81 bits per heavy atom. The predicted molar refractivity (Wildman–Crippen MR) is 120 cm³/mol. The molecule has 0 unspecified atom stereocenters. The lowest BCUT2D eigenvalue weighted by Crippen LogP contribution is -2.16. The lowest BCUT2D eigenvalue weighted by Gasteiger charge is -2.21. The number of hydrogen-bond acceptors (Lipinski definition) is 0. The van der Waals surface area contributed by atoms with Crippen molar-refractivity contribution in [1.29, 1.82) is 0 Å². The zero-order valence-corrected chi connectivity index (χ0v) is 17.7. The summed E-state index contributed by atoms with van der Waals surface area (Å²) in [5.41, 5.74) is 0. The molecule has 0 aliphatic heterocycles. The average molecular weight is 367 g/mol. The smallest absolute Gasteiger partial charge is 0.0185 e. The molecule has 140 valence electrons. The average Bonchev–Trinajstić information content (AvgIpc) is 2.69. The minimum Gasteiger partial charge on any atom is -0.0854 e. The minimum absolute atomic E-state index is 0.288. The Balaban J connectivity index is 1.96. The Morgan fingerprint density at radius 1 is 0.731 bits per heavy atom. The van der Waals surface area contributed by atoms with Crippen LogP contribution in [0.2, 0.25) is 0 Å². The Hall–Kier alpha value is -1.39. The third kappa shape index (κ3) is 7.46. The fraction of sp³-hybridized carbons (Fsp3) is 0.440. The van der Waals surface area contributed by atoms with Gasteiger partial charge in [-0.25, -0.2) is 0 Å². The van der Waals surface area contributed by atoms with Crippen molar-refractivity contribution in [2.75, 3.05) is 6.16 Å². The van der Waals surface area contributed by atoms with Gasteiger partial charge in [-0.3, -0.25) is 0 Å². The molecule has 2 aromatic rings. The maximum atomic E-state index is 2.46. The molecule has 2 rings (SSSR count). The van der Waals surface area contributed by atoms with Gasteiger partial charge in [-0.2, -0.15) is 0 Å². The van der Waals surface area contributed by atoms with E-state index in [1.807, 2.05) is 0 Å². The van der Waals surface area contributed by atoms with Gasteiger partial charge in [0.15, 0.2) is 0 Å². The van der Waals surface area contributed by atoms with Crippen LogP contribution in [0.25, 0.3) is 0 Å². The van der Waals surface area contributed by atoms with Crippen LogP contribution in [0.1, 0.15) is 52.9 Å². The number of rotatable bonds is 11. The van der Waals surface area contributed by atoms with Crippen molar-refractivity contribution in [2.45, 2.75) is 52.9 Å². The lowest BCUT2D eigenvalue weighted by molar-refractivity contribution is 0.558. The van der Waals surface area contributed by atoms with Crippen LogP contribution in [-0.4, -0.2) is 6.16 Å². The summed E-state index contributed by atoms with van der Waals surface area (Å²) in [7, 11) is -0.288. The van der Waals surface area contributed by atoms with Crippen LogP contribution in [0.5, 0.6) is 0 Å². The van der Waals surface area contributed by atoms with Crippen molar-refractivity contribution in [3.63, 3.8) is 0 Å². The third-order valence-corrected chi connectivity index (χ3v) is 7.67. The summed E-state index contributed by atoms with van der Waals surface area (Å²) in [5.74, 6) is 1.31. The molecule has 0 radical (unpaired) electrons. The summed E-state index contributed by atoms with van der Waals surface area (Å²) < 4.78 is 0. The van der Waals surface area contributed by atoms with E-state index >= 15 is 0 Å². The van der Waals surface area contributed by atoms with Crippen LogP contribution >= 0.6 is 7.92 Å². The minimum atomic E-state index is -0.288. The zero-order valence-electron chi connectivity index (χ0n) is 16.8. The second kappa shape index (κ2) is 12.1. The Bertz CT molecular complexity index is 578. The Labute approximate surface area is 162 Å². The normalized spacial score (nSPS) is 14.0. The molecular formula is C25H35P. The van der Waals surface area contributed by atoms with E-state index < -0.39 is 0 Å². The summed E-state index contributed by atoms with van der Waals surface area (Å²) in [4.78, 5) is 0. The lowest BCUT2D eigenvalue weighted by atomic mass is 10.0. The SMILES string of the molecule is CCCCCC[C@@H](C)/C=C\[C@H](C)CP(c1ccccc1)c1ccccc1. The van der Waals surface area contributed by atoms with Crippen LogP contribution in [0.3, 0.4) is 0 Å². The largest absolute Gasteiger partial charge is 0.0854 e. The van der Waals surface area contributed by atoms with Crippen molar-refractivity contribution in [3.8, 4) is 0 Å². The first-order chi connectivity index (χ1) is 12.7. The van der Waals surface area contributed by atoms with Crippen molar-refractivity contribution in [1.82, 2.24) is 0 Å². The van der Waals surface area contributed by atoms with Gasteiger partial charge in [0.05, 0.1) is 0 Å². The molecule has 0 nitrogen and oxygen atoms in total. The molecule has 0 bridgehead atoms. The molecule has 0 aliphatic carbocycles. The highest BCUT2D eigenvalue weighted by Gasteiger charge is 2.15. The van der Waals surface area contributed by atoms with E-state index in [1.54, 1.807) is 0 Å². The first-order valence-corrected chi connectivity index (χ1v) is 11.8. The fourth-order valence-corrected chi connectivity index (χ4v) is 5.77. The maximum Gasteiger partial charge on any atom is -0.0185 e. The molecule has 1 heteroatoms. The molecule has 0 aliphatic rings. The first-order valence-electron chi connectivity index (χ1n) is 10.3. The summed E-state index contributed by atoms with van der Waals surface area (Å²) in [5, 5.41) is 2.98. The second-order valence-corrected chi connectivity index (χ2v) is 9.72. The van der Waals surface area contributed by atoms with Gasteiger partial charge in [-0.1, -0.05) is 119 Å². The number of hydrogen-bond donors (Lipinski definition) is 0. The Kier molecular flexibility index (Phi) is 9.72. The van der Waals surface area contributed by atoms with Gasteiger partial charge < -0.3 is 0 Å². The highest BCUT2D eigenvalue weighted by atomic mass is 31.1.